The van der Waals surface area contributed by atoms with Gasteiger partial charge >= 0.3 is 0 Å². The molecule has 0 aromatic heterocycles. The van der Waals surface area contributed by atoms with Gasteiger partial charge in [0.1, 0.15) is 10.8 Å². The number of hydrogen-bond donors (Lipinski definition) is 2. The van der Waals surface area contributed by atoms with Crippen LogP contribution in [-0.2, 0) is 0 Å². The predicted octanol–water partition coefficient (Wildman–Crippen LogP) is 4.33. The fourth-order valence-corrected chi connectivity index (χ4v) is 2.00. The fraction of sp³-hybridized carbons (Fsp3) is 0.188. The first-order chi connectivity index (χ1) is 9.47. The normalized spacial score (nSPS) is 10.6. The summed E-state index contributed by atoms with van der Waals surface area (Å²) >= 11 is 4.82. The number of anilines is 2. The molecule has 0 atom stereocenters. The molecule has 2 aromatic carbocycles. The molecule has 0 heterocycles. The van der Waals surface area contributed by atoms with E-state index in [2.05, 4.69) is 19.2 Å². The Hall–Kier alpha value is -1.94. The lowest BCUT2D eigenvalue weighted by Gasteiger charge is -2.10. The van der Waals surface area contributed by atoms with E-state index in [0.717, 1.165) is 5.69 Å². The molecule has 2 nitrogen and oxygen atoms in total. The van der Waals surface area contributed by atoms with Gasteiger partial charge in [0.25, 0.3) is 0 Å². The summed E-state index contributed by atoms with van der Waals surface area (Å²) < 4.78 is 13.9. The second kappa shape index (κ2) is 6.01. The van der Waals surface area contributed by atoms with Gasteiger partial charge in [0.2, 0.25) is 0 Å². The van der Waals surface area contributed by atoms with Crippen LogP contribution in [0.25, 0.3) is 0 Å². The molecule has 20 heavy (non-hydrogen) atoms. The third-order valence-electron chi connectivity index (χ3n) is 3.11. The third kappa shape index (κ3) is 3.33. The van der Waals surface area contributed by atoms with Crippen LogP contribution in [0.3, 0.4) is 0 Å². The Kier molecular flexibility index (Phi) is 4.35. The molecule has 2 aromatic rings. The van der Waals surface area contributed by atoms with Crippen molar-refractivity contribution in [3.8, 4) is 0 Å². The van der Waals surface area contributed by atoms with Crippen LogP contribution < -0.4 is 11.1 Å². The molecule has 0 amide bonds. The zero-order valence-electron chi connectivity index (χ0n) is 11.5. The van der Waals surface area contributed by atoms with Gasteiger partial charge in [0, 0.05) is 11.3 Å². The highest BCUT2D eigenvalue weighted by Crippen LogP contribution is 2.23. The number of nitrogens with two attached hydrogens (primary N) is 1. The van der Waals surface area contributed by atoms with Crippen LogP contribution in [0.2, 0.25) is 0 Å². The molecule has 3 N–H and O–H groups in total. The SMILES string of the molecule is CC(C)c1ccc(Nc2ccc(C(N)=S)cc2F)cc1. The molecule has 0 saturated heterocycles. The van der Waals surface area contributed by atoms with Crippen molar-refractivity contribution in [3.05, 3.63) is 59.4 Å². The van der Waals surface area contributed by atoms with Gasteiger partial charge in [-0.3, -0.25) is 0 Å². The van der Waals surface area contributed by atoms with Crippen molar-refractivity contribution in [2.24, 2.45) is 5.73 Å². The number of nitrogens with one attached hydrogen (secondary N) is 1. The predicted molar refractivity (Wildman–Crippen MR) is 86.1 cm³/mol. The Balaban J connectivity index is 2.19. The zero-order chi connectivity index (χ0) is 14.7. The maximum Gasteiger partial charge on any atom is 0.147 e. The molecule has 0 saturated carbocycles. The smallest absolute Gasteiger partial charge is 0.147 e. The highest BCUT2D eigenvalue weighted by molar-refractivity contribution is 7.80. The number of benzene rings is 2. The van der Waals surface area contributed by atoms with E-state index in [0.29, 0.717) is 17.2 Å². The molecule has 0 aliphatic carbocycles. The summed E-state index contributed by atoms with van der Waals surface area (Å²) in [6, 6.07) is 12.6. The summed E-state index contributed by atoms with van der Waals surface area (Å²) in [6.07, 6.45) is 0. The molecular weight excluding hydrogens is 271 g/mol. The van der Waals surface area contributed by atoms with Crippen molar-refractivity contribution in [1.29, 1.82) is 0 Å². The van der Waals surface area contributed by atoms with Crippen LogP contribution >= 0.6 is 12.2 Å². The average Bonchev–Trinajstić information content (AvgIpc) is 2.41. The van der Waals surface area contributed by atoms with Gasteiger partial charge in [-0.05, 0) is 41.8 Å². The summed E-state index contributed by atoms with van der Waals surface area (Å²) in [7, 11) is 0. The molecule has 0 radical (unpaired) electrons. The van der Waals surface area contributed by atoms with E-state index >= 15 is 0 Å². The van der Waals surface area contributed by atoms with E-state index in [4.69, 9.17) is 18.0 Å². The molecule has 4 heteroatoms. The Morgan fingerprint density at radius 1 is 1.15 bits per heavy atom. The van der Waals surface area contributed by atoms with Crippen LogP contribution in [-0.4, -0.2) is 4.99 Å². The first-order valence-electron chi connectivity index (χ1n) is 6.43. The third-order valence-corrected chi connectivity index (χ3v) is 3.35. The lowest BCUT2D eigenvalue weighted by atomic mass is 10.0. The highest BCUT2D eigenvalue weighted by atomic mass is 32.1. The van der Waals surface area contributed by atoms with Gasteiger partial charge in [0.15, 0.2) is 0 Å². The van der Waals surface area contributed by atoms with Crippen molar-refractivity contribution in [2.75, 3.05) is 5.32 Å². The monoisotopic (exact) mass is 288 g/mol. The molecule has 0 spiro atoms. The first kappa shape index (κ1) is 14.5. The number of hydrogen-bond acceptors (Lipinski definition) is 2. The van der Waals surface area contributed by atoms with Crippen LogP contribution in [0.5, 0.6) is 0 Å². The van der Waals surface area contributed by atoms with Gasteiger partial charge in [-0.15, -0.1) is 0 Å². The van der Waals surface area contributed by atoms with Crippen LogP contribution in [0, 0.1) is 5.82 Å². The molecular formula is C16H17FN2S. The van der Waals surface area contributed by atoms with Crippen LogP contribution in [0.4, 0.5) is 15.8 Å². The van der Waals surface area contributed by atoms with Crippen molar-refractivity contribution in [2.45, 2.75) is 19.8 Å². The van der Waals surface area contributed by atoms with E-state index < -0.39 is 0 Å². The van der Waals surface area contributed by atoms with Gasteiger partial charge in [0.05, 0.1) is 5.69 Å². The molecule has 2 rings (SSSR count). The summed E-state index contributed by atoms with van der Waals surface area (Å²) in [5.74, 6) is 0.105. The highest BCUT2D eigenvalue weighted by Gasteiger charge is 2.06. The van der Waals surface area contributed by atoms with Crippen molar-refractivity contribution in [1.82, 2.24) is 0 Å². The van der Waals surface area contributed by atoms with E-state index in [-0.39, 0.29) is 10.8 Å². The van der Waals surface area contributed by atoms with Crippen molar-refractivity contribution < 1.29 is 4.39 Å². The zero-order valence-corrected chi connectivity index (χ0v) is 12.3. The van der Waals surface area contributed by atoms with Crippen molar-refractivity contribution >= 4 is 28.6 Å². The van der Waals surface area contributed by atoms with E-state index in [1.165, 1.54) is 11.6 Å². The van der Waals surface area contributed by atoms with E-state index in [1.807, 2.05) is 24.3 Å². The number of rotatable bonds is 4. The van der Waals surface area contributed by atoms with Gasteiger partial charge in [-0.2, -0.15) is 0 Å². The molecule has 0 fully saturated rings. The largest absolute Gasteiger partial charge is 0.389 e. The minimum atomic E-state index is -0.372. The Labute approximate surface area is 123 Å². The summed E-state index contributed by atoms with van der Waals surface area (Å²) in [4.78, 5) is 0.191. The molecule has 0 unspecified atom stereocenters. The first-order valence-corrected chi connectivity index (χ1v) is 6.84. The maximum absolute atomic E-state index is 13.9. The lowest BCUT2D eigenvalue weighted by Crippen LogP contribution is -2.09. The number of thiocarbonyl (C=S) groups is 1. The van der Waals surface area contributed by atoms with Crippen LogP contribution in [0.1, 0.15) is 30.9 Å². The minimum absolute atomic E-state index is 0.191. The summed E-state index contributed by atoms with van der Waals surface area (Å²) in [6.45, 7) is 4.27. The lowest BCUT2D eigenvalue weighted by molar-refractivity contribution is 0.631. The second-order valence-corrected chi connectivity index (χ2v) is 5.40. The molecule has 104 valence electrons. The Bertz CT molecular complexity index is 621. The van der Waals surface area contributed by atoms with Gasteiger partial charge in [-0.25, -0.2) is 4.39 Å². The van der Waals surface area contributed by atoms with Gasteiger partial charge in [-0.1, -0.05) is 38.2 Å². The van der Waals surface area contributed by atoms with E-state index in [1.54, 1.807) is 12.1 Å². The summed E-state index contributed by atoms with van der Waals surface area (Å²) in [5, 5.41) is 3.05. The maximum atomic E-state index is 13.9. The summed E-state index contributed by atoms with van der Waals surface area (Å²) in [5.41, 5.74) is 8.50. The molecule has 0 aliphatic heterocycles. The van der Waals surface area contributed by atoms with Crippen LogP contribution in [0.15, 0.2) is 42.5 Å². The topological polar surface area (TPSA) is 38.0 Å². The Morgan fingerprint density at radius 3 is 2.30 bits per heavy atom. The second-order valence-electron chi connectivity index (χ2n) is 4.96. The average molecular weight is 288 g/mol. The van der Waals surface area contributed by atoms with Crippen molar-refractivity contribution in [3.63, 3.8) is 0 Å². The molecule has 0 bridgehead atoms. The quantitative estimate of drug-likeness (QED) is 0.823. The number of halogens is 1. The standard InChI is InChI=1S/C16H17FN2S/c1-10(2)11-3-6-13(7-4-11)19-15-8-5-12(16(18)20)9-14(15)17/h3-10,19H,1-2H3,(H2,18,20). The fourth-order valence-electron chi connectivity index (χ4n) is 1.88. The molecule has 0 aliphatic rings. The van der Waals surface area contributed by atoms with Gasteiger partial charge < -0.3 is 11.1 Å². The van der Waals surface area contributed by atoms with E-state index in [9.17, 15) is 4.39 Å². The Morgan fingerprint density at radius 2 is 1.80 bits per heavy atom. The minimum Gasteiger partial charge on any atom is -0.389 e.